The third-order valence-corrected chi connectivity index (χ3v) is 3.83. The van der Waals surface area contributed by atoms with Gasteiger partial charge in [-0.1, -0.05) is 42.0 Å². The molecule has 0 radical (unpaired) electrons. The number of ether oxygens (including phenoxy) is 1. The molecular weight excluding hydrogens is 262 g/mol. The van der Waals surface area contributed by atoms with E-state index < -0.39 is 0 Å². The van der Waals surface area contributed by atoms with Crippen molar-refractivity contribution in [2.75, 3.05) is 13.2 Å². The van der Waals surface area contributed by atoms with Gasteiger partial charge in [-0.3, -0.25) is 0 Å². The Hall–Kier alpha value is -1.61. The first-order valence-electron chi connectivity index (χ1n) is 7.94. The fraction of sp³-hybridized carbons (Fsp3) is 0.500. The van der Waals surface area contributed by atoms with E-state index in [4.69, 9.17) is 4.74 Å². The van der Waals surface area contributed by atoms with Crippen LogP contribution in [0, 0.1) is 0 Å². The number of esters is 1. The minimum Gasteiger partial charge on any atom is -0.465 e. The third kappa shape index (κ3) is 5.01. The highest BCUT2D eigenvalue weighted by Crippen LogP contribution is 2.20. The van der Waals surface area contributed by atoms with E-state index in [0.29, 0.717) is 6.61 Å². The zero-order chi connectivity index (χ0) is 14.9. The molecule has 0 bridgehead atoms. The monoisotopic (exact) mass is 287 g/mol. The lowest BCUT2D eigenvalue weighted by Gasteiger charge is -2.19. The third-order valence-electron chi connectivity index (χ3n) is 3.83. The van der Waals surface area contributed by atoms with Crippen molar-refractivity contribution in [1.82, 2.24) is 5.32 Å². The number of benzene rings is 1. The van der Waals surface area contributed by atoms with E-state index in [1.165, 1.54) is 31.3 Å². The van der Waals surface area contributed by atoms with Gasteiger partial charge in [0.1, 0.15) is 6.04 Å². The maximum atomic E-state index is 12.1. The van der Waals surface area contributed by atoms with Gasteiger partial charge in [0.2, 0.25) is 0 Å². The number of carbonyl (C=O) groups excluding carboxylic acids is 1. The molecule has 0 aliphatic heterocycles. The van der Waals surface area contributed by atoms with Gasteiger partial charge in [-0.2, -0.15) is 0 Å². The number of hydrogen-bond donors (Lipinski definition) is 1. The van der Waals surface area contributed by atoms with Gasteiger partial charge in [-0.25, -0.2) is 4.79 Å². The van der Waals surface area contributed by atoms with Gasteiger partial charge in [-0.05, 0) is 51.1 Å². The quantitative estimate of drug-likeness (QED) is 0.613. The first kappa shape index (κ1) is 15.8. The van der Waals surface area contributed by atoms with E-state index in [0.717, 1.165) is 18.5 Å². The van der Waals surface area contributed by atoms with Crippen LogP contribution < -0.4 is 5.32 Å². The summed E-state index contributed by atoms with van der Waals surface area (Å²) >= 11 is 0. The van der Waals surface area contributed by atoms with Crippen LogP contribution >= 0.6 is 0 Å². The number of carbonyl (C=O) groups is 1. The zero-order valence-corrected chi connectivity index (χ0v) is 12.8. The number of nitrogens with one attached hydrogen (secondary N) is 1. The highest BCUT2D eigenvalue weighted by atomic mass is 16.5. The minimum absolute atomic E-state index is 0.193. The number of rotatable bonds is 7. The molecule has 0 amide bonds. The normalized spacial score (nSPS) is 16.1. The van der Waals surface area contributed by atoms with Crippen LogP contribution in [0.5, 0.6) is 0 Å². The molecule has 0 saturated heterocycles. The van der Waals surface area contributed by atoms with E-state index in [9.17, 15) is 4.79 Å². The summed E-state index contributed by atoms with van der Waals surface area (Å²) in [6.45, 7) is 3.06. The molecule has 0 aromatic heterocycles. The summed E-state index contributed by atoms with van der Waals surface area (Å²) in [5, 5.41) is 3.35. The Morgan fingerprint density at radius 3 is 2.76 bits per heavy atom. The summed E-state index contributed by atoms with van der Waals surface area (Å²) in [6.07, 6.45) is 8.39. The molecule has 0 spiro atoms. The first-order valence-corrected chi connectivity index (χ1v) is 7.94. The Kier molecular flexibility index (Phi) is 6.48. The summed E-state index contributed by atoms with van der Waals surface area (Å²) < 4.78 is 5.18. The Bertz CT molecular complexity index is 467. The summed E-state index contributed by atoms with van der Waals surface area (Å²) in [4.78, 5) is 12.1. The summed E-state index contributed by atoms with van der Waals surface area (Å²) in [7, 11) is 0. The van der Waals surface area contributed by atoms with Crippen molar-refractivity contribution in [1.29, 1.82) is 0 Å². The van der Waals surface area contributed by atoms with Gasteiger partial charge in [0.15, 0.2) is 0 Å². The van der Waals surface area contributed by atoms with Crippen molar-refractivity contribution < 1.29 is 9.53 Å². The SMILES string of the molecule is CCOC(=O)C(NCCC1=CCCCC1)c1ccccc1. The highest BCUT2D eigenvalue weighted by molar-refractivity contribution is 5.77. The number of allylic oxidation sites excluding steroid dienone is 1. The zero-order valence-electron chi connectivity index (χ0n) is 12.8. The largest absolute Gasteiger partial charge is 0.465 e. The van der Waals surface area contributed by atoms with Crippen LogP contribution in [0.25, 0.3) is 0 Å². The Morgan fingerprint density at radius 2 is 2.10 bits per heavy atom. The standard InChI is InChI=1S/C18H25NO2/c1-2-21-18(20)17(16-11-7-4-8-12-16)19-14-13-15-9-5-3-6-10-15/h4,7-9,11-12,17,19H,2-3,5-6,10,13-14H2,1H3. The van der Waals surface area contributed by atoms with Gasteiger partial charge in [0, 0.05) is 0 Å². The molecule has 0 heterocycles. The molecule has 1 atom stereocenters. The summed E-state index contributed by atoms with van der Waals surface area (Å²) in [6, 6.07) is 9.43. The molecule has 114 valence electrons. The highest BCUT2D eigenvalue weighted by Gasteiger charge is 2.21. The Morgan fingerprint density at radius 1 is 1.29 bits per heavy atom. The van der Waals surface area contributed by atoms with E-state index in [1.807, 2.05) is 37.3 Å². The average molecular weight is 287 g/mol. The van der Waals surface area contributed by atoms with Crippen molar-refractivity contribution >= 4 is 5.97 Å². The lowest BCUT2D eigenvalue weighted by atomic mass is 9.97. The molecule has 0 saturated carbocycles. The van der Waals surface area contributed by atoms with Gasteiger partial charge >= 0.3 is 5.97 Å². The van der Waals surface area contributed by atoms with Crippen molar-refractivity contribution in [2.24, 2.45) is 0 Å². The van der Waals surface area contributed by atoms with E-state index in [1.54, 1.807) is 0 Å². The molecule has 1 unspecified atom stereocenters. The van der Waals surface area contributed by atoms with Crippen LogP contribution in [0.2, 0.25) is 0 Å². The van der Waals surface area contributed by atoms with Crippen molar-refractivity contribution in [3.63, 3.8) is 0 Å². The molecule has 21 heavy (non-hydrogen) atoms. The predicted molar refractivity (Wildman–Crippen MR) is 85.0 cm³/mol. The van der Waals surface area contributed by atoms with Crippen molar-refractivity contribution in [3.8, 4) is 0 Å². The Labute approximate surface area is 127 Å². The first-order chi connectivity index (χ1) is 10.3. The predicted octanol–water partition coefficient (Wildman–Crippen LogP) is 3.77. The fourth-order valence-electron chi connectivity index (χ4n) is 2.72. The van der Waals surface area contributed by atoms with Gasteiger partial charge in [-0.15, -0.1) is 0 Å². The van der Waals surface area contributed by atoms with Gasteiger partial charge in [0.25, 0.3) is 0 Å². The lowest BCUT2D eigenvalue weighted by molar-refractivity contribution is -0.145. The van der Waals surface area contributed by atoms with Crippen LogP contribution in [0.4, 0.5) is 0 Å². The molecule has 1 N–H and O–H groups in total. The second kappa shape index (κ2) is 8.63. The smallest absolute Gasteiger partial charge is 0.327 e. The van der Waals surface area contributed by atoms with Crippen molar-refractivity contribution in [2.45, 2.75) is 45.1 Å². The van der Waals surface area contributed by atoms with E-state index in [-0.39, 0.29) is 12.0 Å². The fourth-order valence-corrected chi connectivity index (χ4v) is 2.72. The second-order valence-electron chi connectivity index (χ2n) is 5.41. The summed E-state index contributed by atoms with van der Waals surface area (Å²) in [5.74, 6) is -0.193. The van der Waals surface area contributed by atoms with E-state index >= 15 is 0 Å². The maximum Gasteiger partial charge on any atom is 0.327 e. The minimum atomic E-state index is -0.365. The molecule has 2 rings (SSSR count). The average Bonchev–Trinajstić information content (AvgIpc) is 2.53. The molecule has 1 aromatic rings. The van der Waals surface area contributed by atoms with Crippen LogP contribution in [-0.2, 0) is 9.53 Å². The molecule has 0 fully saturated rings. The second-order valence-corrected chi connectivity index (χ2v) is 5.41. The van der Waals surface area contributed by atoms with Gasteiger partial charge in [0.05, 0.1) is 6.61 Å². The topological polar surface area (TPSA) is 38.3 Å². The van der Waals surface area contributed by atoms with Crippen LogP contribution in [0.1, 0.15) is 50.6 Å². The summed E-state index contributed by atoms with van der Waals surface area (Å²) in [5.41, 5.74) is 2.48. The number of hydrogen-bond acceptors (Lipinski definition) is 3. The van der Waals surface area contributed by atoms with Crippen LogP contribution in [0.15, 0.2) is 42.0 Å². The molecule has 1 aliphatic carbocycles. The molecule has 3 heteroatoms. The van der Waals surface area contributed by atoms with Crippen molar-refractivity contribution in [3.05, 3.63) is 47.5 Å². The molecular formula is C18H25NO2. The molecule has 1 aromatic carbocycles. The van der Waals surface area contributed by atoms with Gasteiger partial charge < -0.3 is 10.1 Å². The molecule has 3 nitrogen and oxygen atoms in total. The van der Waals surface area contributed by atoms with Crippen LogP contribution in [0.3, 0.4) is 0 Å². The van der Waals surface area contributed by atoms with Crippen LogP contribution in [-0.4, -0.2) is 19.1 Å². The van der Waals surface area contributed by atoms with E-state index in [2.05, 4.69) is 11.4 Å². The molecule has 1 aliphatic rings. The maximum absolute atomic E-state index is 12.1. The lowest BCUT2D eigenvalue weighted by Crippen LogP contribution is -2.31. The Balaban J connectivity index is 1.92.